The molecule has 30 heteroatoms. The number of benzene rings is 10. The second-order valence-corrected chi connectivity index (χ2v) is 33.9. The standard InChI is InChI=1S/C53H55N5O10.C52H53N5O10/c1-34-21-42-44(54-30-40-25-37-9-5-7-11-46(37)57(40)52(42)60)28-48(34)67-32-35-22-36(24-39(23-35)56(2)14-16-65-18-20-66-19-17-64-15-13-51(59)63-4)33-68-50-29-45-43(27-49(50)62-3)53(61)58-41(31-55-45)26-38-10-6-8-12-47(38)58;1-33-20-41-43(53-29-39-24-36-8-4-6-10-45(36)56(39)51(41)60)27-47(33)66-31-34-21-35(23-38(22-34)55(2)13-15-64-17-19-65-18-16-63-14-12-50(58)59)32-67-49-28-44-42(26-48(49)62-3)52(61)57-40(30-54-44)25-37-9-5-7-11-46(37)57/h5-12,21-24,27-31,40-41H,13-20,25-26,32-33H2,1-4H3;4-11,20-23,26-30,39-40H,12-19,24-25,31-32H2,1-3H3,(H,58,59)/t40-,41-;39-,40-/m00/s1. The number of aliphatic carboxylic acids is 1. The molecule has 0 saturated heterocycles. The number of methoxy groups -OCH3 is 3. The van der Waals surface area contributed by atoms with Crippen LogP contribution in [0.25, 0.3) is 0 Å². The number of para-hydroxylation sites is 4. The van der Waals surface area contributed by atoms with Crippen LogP contribution < -0.4 is 57.8 Å². The maximum absolute atomic E-state index is 14.0. The monoisotopic (exact) mass is 1830 g/mol. The lowest BCUT2D eigenvalue weighted by Crippen LogP contribution is -2.37. The van der Waals surface area contributed by atoms with Gasteiger partial charge in [-0.3, -0.25) is 68.3 Å². The van der Waals surface area contributed by atoms with Crippen LogP contribution in [0, 0.1) is 13.8 Å². The first-order valence-corrected chi connectivity index (χ1v) is 45.3. The van der Waals surface area contributed by atoms with Crippen molar-refractivity contribution in [2.45, 2.75) is 103 Å². The Hall–Kier alpha value is -14.1. The van der Waals surface area contributed by atoms with E-state index < -0.39 is 5.97 Å². The van der Waals surface area contributed by atoms with Gasteiger partial charge in [0.2, 0.25) is 0 Å². The zero-order valence-electron chi connectivity index (χ0n) is 76.6. The lowest BCUT2D eigenvalue weighted by Gasteiger charge is -2.23. The van der Waals surface area contributed by atoms with E-state index in [1.807, 2.05) is 194 Å². The topological polar surface area (TPSA) is 312 Å². The summed E-state index contributed by atoms with van der Waals surface area (Å²) in [5.41, 5.74) is 19.3. The summed E-state index contributed by atoms with van der Waals surface area (Å²) in [4.78, 5) is 109. The molecule has 0 radical (unpaired) electrons. The van der Waals surface area contributed by atoms with Crippen molar-refractivity contribution in [3.63, 3.8) is 0 Å². The molecule has 135 heavy (non-hydrogen) atoms. The molecule has 4 amide bonds. The number of anilines is 6. The lowest BCUT2D eigenvalue weighted by atomic mass is 10.1. The van der Waals surface area contributed by atoms with Crippen molar-refractivity contribution >= 4 is 117 Å². The van der Waals surface area contributed by atoms with Gasteiger partial charge in [0.25, 0.3) is 23.6 Å². The predicted octanol–water partition coefficient (Wildman–Crippen LogP) is 15.5. The first kappa shape index (κ1) is 92.7. The Morgan fingerprint density at radius 1 is 0.348 bits per heavy atom. The molecule has 0 bridgehead atoms. The van der Waals surface area contributed by atoms with Gasteiger partial charge in [-0.1, -0.05) is 72.8 Å². The predicted molar refractivity (Wildman–Crippen MR) is 514 cm³/mol. The van der Waals surface area contributed by atoms with Crippen LogP contribution in [0.2, 0.25) is 0 Å². The van der Waals surface area contributed by atoms with Crippen LogP contribution in [0.15, 0.2) is 202 Å². The Morgan fingerprint density at radius 2 is 0.630 bits per heavy atom. The molecule has 0 spiro atoms. The highest BCUT2D eigenvalue weighted by molar-refractivity contribution is 6.18. The number of rotatable bonds is 40. The molecular weight excluding hydrogens is 1720 g/mol. The first-order chi connectivity index (χ1) is 65.8. The number of amides is 4. The molecule has 0 fully saturated rings. The number of likely N-dealkylation sites (N-methyl/N-ethyl adjacent to an activating group) is 2. The van der Waals surface area contributed by atoms with Crippen molar-refractivity contribution in [2.24, 2.45) is 20.0 Å². The fourth-order valence-electron chi connectivity index (χ4n) is 17.8. The maximum Gasteiger partial charge on any atom is 0.307 e. The molecule has 30 nitrogen and oxygen atoms in total. The first-order valence-electron chi connectivity index (χ1n) is 45.3. The van der Waals surface area contributed by atoms with Crippen LogP contribution in [0.3, 0.4) is 0 Å². The highest BCUT2D eigenvalue weighted by atomic mass is 16.6. The summed E-state index contributed by atoms with van der Waals surface area (Å²) in [5, 5.41) is 8.74. The van der Waals surface area contributed by atoms with Crippen LogP contribution in [-0.2, 0) is 94.9 Å². The van der Waals surface area contributed by atoms with Gasteiger partial charge in [0.05, 0.1) is 183 Å². The minimum Gasteiger partial charge on any atom is -0.493 e. The number of carbonyl (C=O) groups excluding carboxylic acids is 5. The van der Waals surface area contributed by atoms with Gasteiger partial charge in [-0.15, -0.1) is 0 Å². The van der Waals surface area contributed by atoms with E-state index in [1.165, 1.54) is 7.11 Å². The largest absolute Gasteiger partial charge is 0.493 e. The summed E-state index contributed by atoms with van der Waals surface area (Å²) < 4.78 is 75.9. The van der Waals surface area contributed by atoms with E-state index in [0.717, 1.165) is 103 Å². The number of esters is 1. The third-order valence-corrected chi connectivity index (χ3v) is 24.8. The minimum atomic E-state index is -0.897. The van der Waals surface area contributed by atoms with Gasteiger partial charge >= 0.3 is 11.9 Å². The number of nitrogens with zero attached hydrogens (tertiary/aromatic N) is 10. The van der Waals surface area contributed by atoms with Crippen LogP contribution in [0.4, 0.5) is 56.9 Å². The van der Waals surface area contributed by atoms with E-state index in [-0.39, 0.29) is 106 Å². The van der Waals surface area contributed by atoms with E-state index in [4.69, 9.17) is 81.9 Å². The molecule has 8 heterocycles. The molecule has 698 valence electrons. The van der Waals surface area contributed by atoms with E-state index in [2.05, 4.69) is 50.9 Å². The van der Waals surface area contributed by atoms with Gasteiger partial charge in [0.15, 0.2) is 23.0 Å². The van der Waals surface area contributed by atoms with Gasteiger partial charge < -0.3 is 76.5 Å². The number of hydrogen-bond donors (Lipinski definition) is 1. The molecule has 18 rings (SSSR count). The number of hydrogen-bond acceptors (Lipinski definition) is 25. The summed E-state index contributed by atoms with van der Waals surface area (Å²) in [6.45, 7) is 10.2. The van der Waals surface area contributed by atoms with Crippen molar-refractivity contribution in [3.8, 4) is 34.5 Å². The fraction of sp³-hybridized carbons (Fsp3) is 0.333. The summed E-state index contributed by atoms with van der Waals surface area (Å²) in [6, 6.07) is 58.0. The van der Waals surface area contributed by atoms with Crippen LogP contribution in [-0.4, -0.2) is 217 Å². The summed E-state index contributed by atoms with van der Waals surface area (Å²) in [5.74, 6) is 1.36. The fourth-order valence-corrected chi connectivity index (χ4v) is 17.8. The average molecular weight is 1830 g/mol. The van der Waals surface area contributed by atoms with Gasteiger partial charge in [0, 0.05) is 136 Å². The second kappa shape index (κ2) is 42.8. The van der Waals surface area contributed by atoms with E-state index >= 15 is 0 Å². The summed E-state index contributed by atoms with van der Waals surface area (Å²) >= 11 is 0. The number of aryl methyl sites for hydroxylation is 2. The number of aliphatic imine (C=N–C) groups is 4. The number of carbonyl (C=O) groups is 6. The molecular formula is C105H108N10O20. The van der Waals surface area contributed by atoms with Crippen molar-refractivity contribution in [1.29, 1.82) is 0 Å². The van der Waals surface area contributed by atoms with Gasteiger partial charge in [-0.05, 0) is 154 Å². The Labute approximate surface area is 783 Å². The summed E-state index contributed by atoms with van der Waals surface area (Å²) in [6.07, 6.45) is 10.4. The van der Waals surface area contributed by atoms with E-state index in [9.17, 15) is 28.8 Å². The number of ether oxygens (including phenoxy) is 13. The van der Waals surface area contributed by atoms with Crippen LogP contribution in [0.5, 0.6) is 34.5 Å². The molecule has 10 aromatic carbocycles. The van der Waals surface area contributed by atoms with Crippen molar-refractivity contribution in [3.05, 3.63) is 260 Å². The third kappa shape index (κ3) is 21.3. The molecule has 8 aliphatic heterocycles. The molecule has 4 atom stereocenters. The van der Waals surface area contributed by atoms with Gasteiger partial charge in [-0.25, -0.2) is 0 Å². The molecule has 1 N–H and O–H groups in total. The molecule has 0 aliphatic carbocycles. The number of carboxylic acids is 1. The smallest absolute Gasteiger partial charge is 0.307 e. The Bertz CT molecular complexity index is 6240. The highest BCUT2D eigenvalue weighted by Crippen LogP contribution is 2.47. The quantitative estimate of drug-likeness (QED) is 0.0275. The van der Waals surface area contributed by atoms with E-state index in [1.54, 1.807) is 38.5 Å². The molecule has 0 saturated carbocycles. The van der Waals surface area contributed by atoms with Crippen LogP contribution in [0.1, 0.15) is 110 Å². The highest BCUT2D eigenvalue weighted by Gasteiger charge is 2.42. The summed E-state index contributed by atoms with van der Waals surface area (Å²) in [7, 11) is 8.46. The number of carboxylic acid groups (broad SMARTS) is 1. The van der Waals surface area contributed by atoms with Gasteiger partial charge in [0.1, 0.15) is 37.9 Å². The molecule has 8 aliphatic rings. The normalized spacial score (nSPS) is 16.3. The van der Waals surface area contributed by atoms with Gasteiger partial charge in [-0.2, -0.15) is 0 Å². The van der Waals surface area contributed by atoms with Crippen molar-refractivity contribution in [2.75, 3.05) is 157 Å². The SMILES string of the molecule is COC(=O)CCOCCOCCOCCN(C)c1cc(COc2cc3c(cc2C)C(=O)N2c4ccccc4C[C@H]2C=N3)cc(COc2cc3c(cc2OC)C(=O)N2c4ccccc4C[C@H]2C=N3)c1.COc1cc2c(cc1OCc1cc(COc3cc4c(cc3C)C(=O)N3c5ccccc5C[C@H]3C=N4)cc(N(C)CCOCCOCCOCCC(=O)O)c1)N=C[C@@H]1Cc3ccccc3N1C2=O. The van der Waals surface area contributed by atoms with Crippen molar-refractivity contribution in [1.82, 2.24) is 0 Å². The molecule has 10 aromatic rings. The molecule has 0 aromatic heterocycles. The Kier molecular flexibility index (Phi) is 29.4. The third-order valence-electron chi connectivity index (χ3n) is 24.8. The minimum absolute atomic E-state index is 0.0399. The number of fused-ring (bicyclic) bond motifs is 16. The van der Waals surface area contributed by atoms with Crippen LogP contribution >= 0.6 is 0 Å². The second-order valence-electron chi connectivity index (χ2n) is 33.9. The lowest BCUT2D eigenvalue weighted by molar-refractivity contribution is -0.142. The zero-order valence-corrected chi connectivity index (χ0v) is 76.6. The van der Waals surface area contributed by atoms with E-state index in [0.29, 0.717) is 172 Å². The van der Waals surface area contributed by atoms with Crippen molar-refractivity contribution < 1.29 is 95.5 Å². The molecule has 0 unspecified atom stereocenters. The Balaban J connectivity index is 0.000000188. The average Bonchev–Trinajstić information content (AvgIpc) is 1.63. The maximum atomic E-state index is 14.0. The Morgan fingerprint density at radius 3 is 0.941 bits per heavy atom. The zero-order chi connectivity index (χ0) is 93.6.